The second kappa shape index (κ2) is 4.83. The van der Waals surface area contributed by atoms with Crippen LogP contribution < -0.4 is 0 Å². The Morgan fingerprint density at radius 2 is 2.06 bits per heavy atom. The van der Waals surface area contributed by atoms with Gasteiger partial charge in [-0.05, 0) is 42.9 Å². The molecule has 0 aromatic carbocycles. The van der Waals surface area contributed by atoms with Gasteiger partial charge in [0.05, 0.1) is 0 Å². The third kappa shape index (κ3) is 2.33. The van der Waals surface area contributed by atoms with E-state index in [0.29, 0.717) is 11.7 Å². The van der Waals surface area contributed by atoms with Crippen molar-refractivity contribution in [3.8, 4) is 0 Å². The van der Waals surface area contributed by atoms with Crippen LogP contribution in [0.25, 0.3) is 0 Å². The van der Waals surface area contributed by atoms with Crippen LogP contribution in [0.3, 0.4) is 0 Å². The molecular formula is C16H23NO. The van der Waals surface area contributed by atoms with E-state index in [1.807, 2.05) is 18.5 Å². The van der Waals surface area contributed by atoms with Crippen molar-refractivity contribution in [1.82, 2.24) is 4.98 Å². The van der Waals surface area contributed by atoms with Gasteiger partial charge < -0.3 is 0 Å². The van der Waals surface area contributed by atoms with Gasteiger partial charge in [-0.15, -0.1) is 0 Å². The third-order valence-corrected chi connectivity index (χ3v) is 4.49. The first-order valence-corrected chi connectivity index (χ1v) is 6.86. The fourth-order valence-electron chi connectivity index (χ4n) is 3.29. The number of ketones is 1. The maximum absolute atomic E-state index is 12.3. The molecule has 2 rings (SSSR count). The highest BCUT2D eigenvalue weighted by atomic mass is 16.1. The molecule has 1 aliphatic carbocycles. The van der Waals surface area contributed by atoms with E-state index in [2.05, 4.69) is 32.7 Å². The van der Waals surface area contributed by atoms with Crippen LogP contribution in [0.15, 0.2) is 18.5 Å². The molecule has 0 saturated heterocycles. The highest BCUT2D eigenvalue weighted by molar-refractivity contribution is 5.83. The van der Waals surface area contributed by atoms with Crippen LogP contribution >= 0.6 is 0 Å². The normalized spacial score (nSPS) is 25.2. The Bertz CT molecular complexity index is 450. The van der Waals surface area contributed by atoms with Crippen molar-refractivity contribution in [3.63, 3.8) is 0 Å². The molecule has 98 valence electrons. The number of rotatable bonds is 2. The molecular weight excluding hydrogens is 222 g/mol. The summed E-state index contributed by atoms with van der Waals surface area (Å²) in [6.45, 7) is 8.66. The van der Waals surface area contributed by atoms with Crippen LogP contribution in [-0.2, 0) is 10.2 Å². The zero-order valence-corrected chi connectivity index (χ0v) is 11.9. The van der Waals surface area contributed by atoms with Gasteiger partial charge in [-0.3, -0.25) is 9.78 Å². The average Bonchev–Trinajstić information content (AvgIpc) is 2.28. The van der Waals surface area contributed by atoms with Crippen molar-refractivity contribution in [3.05, 3.63) is 29.6 Å². The molecule has 18 heavy (non-hydrogen) atoms. The van der Waals surface area contributed by atoms with Crippen molar-refractivity contribution in [2.75, 3.05) is 0 Å². The zero-order valence-electron chi connectivity index (χ0n) is 11.9. The van der Waals surface area contributed by atoms with Crippen LogP contribution in [0, 0.1) is 18.8 Å². The molecule has 0 spiro atoms. The van der Waals surface area contributed by atoms with Crippen LogP contribution in [0.4, 0.5) is 0 Å². The van der Waals surface area contributed by atoms with Crippen molar-refractivity contribution >= 4 is 5.78 Å². The average molecular weight is 245 g/mol. The maximum Gasteiger partial charge on any atom is 0.137 e. The first kappa shape index (κ1) is 13.3. The lowest BCUT2D eigenvalue weighted by Gasteiger charge is -2.38. The number of aryl methyl sites for hydroxylation is 1. The smallest absolute Gasteiger partial charge is 0.137 e. The van der Waals surface area contributed by atoms with E-state index in [0.717, 1.165) is 12.8 Å². The minimum absolute atomic E-state index is 0.102. The van der Waals surface area contributed by atoms with E-state index in [-0.39, 0.29) is 11.3 Å². The number of aromatic nitrogens is 1. The Kier molecular flexibility index (Phi) is 3.56. The molecule has 2 unspecified atom stereocenters. The van der Waals surface area contributed by atoms with Gasteiger partial charge in [0.2, 0.25) is 0 Å². The Labute approximate surface area is 110 Å². The van der Waals surface area contributed by atoms with E-state index in [9.17, 15) is 4.79 Å². The highest BCUT2D eigenvalue weighted by Gasteiger charge is 2.39. The maximum atomic E-state index is 12.3. The lowest BCUT2D eigenvalue weighted by molar-refractivity contribution is -0.128. The van der Waals surface area contributed by atoms with Gasteiger partial charge in [0.25, 0.3) is 0 Å². The van der Waals surface area contributed by atoms with Crippen LogP contribution in [0.1, 0.15) is 51.2 Å². The summed E-state index contributed by atoms with van der Waals surface area (Å²) in [5, 5.41) is 0. The van der Waals surface area contributed by atoms with Crippen LogP contribution in [-0.4, -0.2) is 10.8 Å². The molecule has 1 aromatic heterocycles. The molecule has 2 atom stereocenters. The number of hydrogen-bond donors (Lipinski definition) is 0. The van der Waals surface area contributed by atoms with Gasteiger partial charge >= 0.3 is 0 Å². The number of carbonyl (C=O) groups excluding carboxylic acids is 1. The van der Waals surface area contributed by atoms with Crippen molar-refractivity contribution in [1.29, 1.82) is 0 Å². The topological polar surface area (TPSA) is 30.0 Å². The second-order valence-electron chi connectivity index (χ2n) is 6.32. The summed E-state index contributed by atoms with van der Waals surface area (Å²) in [6.07, 6.45) is 6.67. The predicted octanol–water partition coefficient (Wildman–Crippen LogP) is 3.67. The number of Topliss-reactive ketones (excluding diaryl/α,β-unsaturated/α-hetero) is 1. The summed E-state index contributed by atoms with van der Waals surface area (Å²) in [4.78, 5) is 16.6. The molecule has 0 bridgehead atoms. The molecule has 0 aliphatic heterocycles. The van der Waals surface area contributed by atoms with E-state index >= 15 is 0 Å². The lowest BCUT2D eigenvalue weighted by atomic mass is 9.65. The summed E-state index contributed by atoms with van der Waals surface area (Å²) in [5.74, 6) is 1.14. The molecule has 0 N–H and O–H groups in total. The molecule has 1 fully saturated rings. The van der Waals surface area contributed by atoms with E-state index in [1.54, 1.807) is 0 Å². The molecule has 2 nitrogen and oxygen atoms in total. The SMILES string of the molecule is Cc1ccncc1C(C)(C)C1CCC(C)CC1=O. The van der Waals surface area contributed by atoms with Crippen LogP contribution in [0.2, 0.25) is 0 Å². The molecule has 0 amide bonds. The lowest BCUT2D eigenvalue weighted by Crippen LogP contribution is -2.38. The number of carbonyl (C=O) groups is 1. The van der Waals surface area contributed by atoms with Crippen molar-refractivity contribution in [2.45, 2.75) is 52.4 Å². The molecule has 1 aliphatic rings. The van der Waals surface area contributed by atoms with Gasteiger partial charge in [0, 0.05) is 30.1 Å². The van der Waals surface area contributed by atoms with Gasteiger partial charge in [-0.1, -0.05) is 20.8 Å². The summed E-state index contributed by atoms with van der Waals surface area (Å²) < 4.78 is 0. The first-order chi connectivity index (χ1) is 8.43. The number of pyridine rings is 1. The summed E-state index contributed by atoms with van der Waals surface area (Å²) in [6, 6.07) is 2.03. The van der Waals surface area contributed by atoms with Crippen molar-refractivity contribution < 1.29 is 4.79 Å². The summed E-state index contributed by atoms with van der Waals surface area (Å²) in [7, 11) is 0. The third-order valence-electron chi connectivity index (χ3n) is 4.49. The highest BCUT2D eigenvalue weighted by Crippen LogP contribution is 2.40. The monoisotopic (exact) mass is 245 g/mol. The zero-order chi connectivity index (χ0) is 13.3. The predicted molar refractivity (Wildman–Crippen MR) is 73.5 cm³/mol. The van der Waals surface area contributed by atoms with E-state index < -0.39 is 0 Å². The molecule has 1 heterocycles. The Balaban J connectivity index is 2.31. The van der Waals surface area contributed by atoms with Crippen molar-refractivity contribution in [2.24, 2.45) is 11.8 Å². The molecule has 1 aromatic rings. The van der Waals surface area contributed by atoms with Gasteiger partial charge in [0.1, 0.15) is 5.78 Å². The molecule has 2 heteroatoms. The fourth-order valence-corrected chi connectivity index (χ4v) is 3.29. The van der Waals surface area contributed by atoms with Gasteiger partial charge in [-0.2, -0.15) is 0 Å². The minimum atomic E-state index is -0.102. The fraction of sp³-hybridized carbons (Fsp3) is 0.625. The Hall–Kier alpha value is -1.18. The number of hydrogen-bond acceptors (Lipinski definition) is 2. The quantitative estimate of drug-likeness (QED) is 0.795. The van der Waals surface area contributed by atoms with Gasteiger partial charge in [-0.25, -0.2) is 0 Å². The van der Waals surface area contributed by atoms with E-state index in [4.69, 9.17) is 0 Å². The standard InChI is InChI=1S/C16H23NO/c1-11-5-6-13(15(18)9-11)16(3,4)14-10-17-8-7-12(14)2/h7-8,10-11,13H,5-6,9H2,1-4H3. The summed E-state index contributed by atoms with van der Waals surface area (Å²) in [5.41, 5.74) is 2.36. The van der Waals surface area contributed by atoms with Crippen LogP contribution in [0.5, 0.6) is 0 Å². The summed E-state index contributed by atoms with van der Waals surface area (Å²) >= 11 is 0. The largest absolute Gasteiger partial charge is 0.299 e. The Morgan fingerprint density at radius 3 is 2.67 bits per heavy atom. The molecule has 1 saturated carbocycles. The van der Waals surface area contributed by atoms with Gasteiger partial charge in [0.15, 0.2) is 0 Å². The second-order valence-corrected chi connectivity index (χ2v) is 6.32. The Morgan fingerprint density at radius 1 is 1.33 bits per heavy atom. The minimum Gasteiger partial charge on any atom is -0.299 e. The van der Waals surface area contributed by atoms with E-state index in [1.165, 1.54) is 17.5 Å². The first-order valence-electron chi connectivity index (χ1n) is 6.86. The number of nitrogens with zero attached hydrogens (tertiary/aromatic N) is 1. The molecule has 0 radical (unpaired) electrons.